The minimum absolute atomic E-state index is 0.257. The largest absolute Gasteiger partial charge is 0.497 e. The van der Waals surface area contributed by atoms with Gasteiger partial charge in [-0.25, -0.2) is 0 Å². The monoisotopic (exact) mass is 343 g/mol. The van der Waals surface area contributed by atoms with Crippen molar-refractivity contribution in [2.45, 2.75) is 44.1 Å². The Morgan fingerprint density at radius 3 is 2.67 bits per heavy atom. The minimum atomic E-state index is -0.319. The van der Waals surface area contributed by atoms with Crippen LogP contribution in [0.1, 0.15) is 42.5 Å². The second-order valence-corrected chi connectivity index (χ2v) is 7.58. The Bertz CT molecular complexity index is 675. The SMILES string of the molecule is COc1cccc(CN(C)C(=O)C2(c3cccs3)CCCCC2)c1. The summed E-state index contributed by atoms with van der Waals surface area (Å²) in [5, 5.41) is 2.08. The van der Waals surface area contributed by atoms with E-state index in [0.29, 0.717) is 6.54 Å². The summed E-state index contributed by atoms with van der Waals surface area (Å²) in [6.07, 6.45) is 5.44. The Kier molecular flexibility index (Phi) is 5.24. The van der Waals surface area contributed by atoms with Gasteiger partial charge in [-0.05, 0) is 42.0 Å². The third-order valence-corrected chi connectivity index (χ3v) is 6.08. The van der Waals surface area contributed by atoms with Crippen molar-refractivity contribution in [1.29, 1.82) is 0 Å². The molecule has 1 amide bonds. The highest BCUT2D eigenvalue weighted by Gasteiger charge is 2.43. The van der Waals surface area contributed by atoms with Crippen molar-refractivity contribution in [2.75, 3.05) is 14.2 Å². The van der Waals surface area contributed by atoms with Crippen LogP contribution in [0.4, 0.5) is 0 Å². The third kappa shape index (κ3) is 3.34. The summed E-state index contributed by atoms with van der Waals surface area (Å²) in [5.74, 6) is 1.09. The number of benzene rings is 1. The standard InChI is InChI=1S/C20H25NO2S/c1-21(15-16-8-6-9-17(14-16)23-2)19(22)20(11-4-3-5-12-20)18-10-7-13-24-18/h6-10,13-14H,3-5,11-12,15H2,1-2H3. The maximum Gasteiger partial charge on any atom is 0.234 e. The van der Waals surface area contributed by atoms with Gasteiger partial charge >= 0.3 is 0 Å². The fourth-order valence-corrected chi connectivity index (χ4v) is 4.73. The van der Waals surface area contributed by atoms with Gasteiger partial charge in [-0.15, -0.1) is 11.3 Å². The maximum absolute atomic E-state index is 13.4. The van der Waals surface area contributed by atoms with Crippen LogP contribution in [0.2, 0.25) is 0 Å². The molecule has 0 N–H and O–H groups in total. The van der Waals surface area contributed by atoms with Gasteiger partial charge in [-0.2, -0.15) is 0 Å². The minimum Gasteiger partial charge on any atom is -0.497 e. The Balaban J connectivity index is 1.82. The Labute approximate surface area is 148 Å². The number of carbonyl (C=O) groups is 1. The van der Waals surface area contributed by atoms with Crippen LogP contribution in [-0.2, 0) is 16.8 Å². The first-order chi connectivity index (χ1) is 11.7. The van der Waals surface area contributed by atoms with Crippen LogP contribution in [0.25, 0.3) is 0 Å². The first-order valence-electron chi connectivity index (χ1n) is 8.58. The third-order valence-electron chi connectivity index (χ3n) is 5.01. The Morgan fingerprint density at radius 2 is 2.00 bits per heavy atom. The quantitative estimate of drug-likeness (QED) is 0.793. The maximum atomic E-state index is 13.4. The van der Waals surface area contributed by atoms with Crippen molar-refractivity contribution in [3.05, 3.63) is 52.2 Å². The lowest BCUT2D eigenvalue weighted by molar-refractivity contribution is -0.138. The lowest BCUT2D eigenvalue weighted by Crippen LogP contribution is -2.45. The summed E-state index contributed by atoms with van der Waals surface area (Å²) in [6, 6.07) is 12.1. The van der Waals surface area contributed by atoms with Gasteiger partial charge in [0.15, 0.2) is 0 Å². The molecular weight excluding hydrogens is 318 g/mol. The normalized spacial score (nSPS) is 16.6. The van der Waals surface area contributed by atoms with E-state index in [9.17, 15) is 4.79 Å². The van der Waals surface area contributed by atoms with E-state index < -0.39 is 0 Å². The second-order valence-electron chi connectivity index (χ2n) is 6.63. The molecule has 0 saturated heterocycles. The summed E-state index contributed by atoms with van der Waals surface area (Å²) in [5.41, 5.74) is 0.780. The van der Waals surface area contributed by atoms with Gasteiger partial charge in [0.2, 0.25) is 5.91 Å². The summed E-state index contributed by atoms with van der Waals surface area (Å²) >= 11 is 1.72. The van der Waals surface area contributed by atoms with Crippen molar-refractivity contribution < 1.29 is 9.53 Å². The molecule has 3 nitrogen and oxygen atoms in total. The van der Waals surface area contributed by atoms with Crippen LogP contribution >= 0.6 is 11.3 Å². The summed E-state index contributed by atoms with van der Waals surface area (Å²) in [7, 11) is 3.59. The molecule has 4 heteroatoms. The number of thiophene rings is 1. The van der Waals surface area contributed by atoms with Crippen molar-refractivity contribution in [3.8, 4) is 5.75 Å². The van der Waals surface area contributed by atoms with Gasteiger partial charge in [-0.3, -0.25) is 4.79 Å². The molecule has 128 valence electrons. The number of methoxy groups -OCH3 is 1. The Hall–Kier alpha value is -1.81. The molecule has 0 atom stereocenters. The lowest BCUT2D eigenvalue weighted by Gasteiger charge is -2.38. The number of ether oxygens (including phenoxy) is 1. The van der Waals surface area contributed by atoms with Gasteiger partial charge in [0, 0.05) is 18.5 Å². The first kappa shape index (κ1) is 17.0. The van der Waals surface area contributed by atoms with E-state index in [-0.39, 0.29) is 11.3 Å². The van der Waals surface area contributed by atoms with Gasteiger partial charge in [-0.1, -0.05) is 37.5 Å². The van der Waals surface area contributed by atoms with Crippen LogP contribution in [-0.4, -0.2) is 25.0 Å². The van der Waals surface area contributed by atoms with Gasteiger partial charge in [0.1, 0.15) is 5.75 Å². The van der Waals surface area contributed by atoms with Gasteiger partial charge in [0.25, 0.3) is 0 Å². The number of nitrogens with zero attached hydrogens (tertiary/aromatic N) is 1. The molecule has 0 radical (unpaired) electrons. The molecule has 3 rings (SSSR count). The molecule has 1 heterocycles. The van der Waals surface area contributed by atoms with Crippen LogP contribution in [0.15, 0.2) is 41.8 Å². The number of carbonyl (C=O) groups excluding carboxylic acids is 1. The van der Waals surface area contributed by atoms with E-state index in [1.165, 1.54) is 11.3 Å². The summed E-state index contributed by atoms with van der Waals surface area (Å²) < 4.78 is 5.29. The van der Waals surface area contributed by atoms with Crippen LogP contribution < -0.4 is 4.74 Å². The average Bonchev–Trinajstić information content (AvgIpc) is 3.17. The van der Waals surface area contributed by atoms with Crippen molar-refractivity contribution in [1.82, 2.24) is 4.90 Å². The van der Waals surface area contributed by atoms with E-state index in [4.69, 9.17) is 4.74 Å². The topological polar surface area (TPSA) is 29.5 Å². The molecular formula is C20H25NO2S. The number of hydrogen-bond acceptors (Lipinski definition) is 3. The average molecular weight is 343 g/mol. The number of likely N-dealkylation sites (N-methyl/N-ethyl adjacent to an activating group) is 1. The van der Waals surface area contributed by atoms with Crippen LogP contribution in [0, 0.1) is 0 Å². The second kappa shape index (κ2) is 7.39. The zero-order valence-corrected chi connectivity index (χ0v) is 15.3. The van der Waals surface area contributed by atoms with Gasteiger partial charge in [0.05, 0.1) is 12.5 Å². The number of rotatable bonds is 5. The van der Waals surface area contributed by atoms with Crippen molar-refractivity contribution >= 4 is 17.2 Å². The molecule has 24 heavy (non-hydrogen) atoms. The predicted molar refractivity (Wildman–Crippen MR) is 98.6 cm³/mol. The predicted octanol–water partition coefficient (Wildman–Crippen LogP) is 4.62. The van der Waals surface area contributed by atoms with E-state index >= 15 is 0 Å². The first-order valence-corrected chi connectivity index (χ1v) is 9.46. The lowest BCUT2D eigenvalue weighted by atomic mass is 9.72. The molecule has 1 aromatic heterocycles. The zero-order valence-electron chi connectivity index (χ0n) is 14.5. The molecule has 1 fully saturated rings. The smallest absolute Gasteiger partial charge is 0.234 e. The van der Waals surface area contributed by atoms with Crippen LogP contribution in [0.5, 0.6) is 5.75 Å². The highest BCUT2D eigenvalue weighted by molar-refractivity contribution is 7.10. The molecule has 2 aromatic rings. The fourth-order valence-electron chi connectivity index (χ4n) is 3.75. The fraction of sp³-hybridized carbons (Fsp3) is 0.450. The van der Waals surface area contributed by atoms with Crippen molar-refractivity contribution in [3.63, 3.8) is 0 Å². The number of amides is 1. The van der Waals surface area contributed by atoms with Crippen molar-refractivity contribution in [2.24, 2.45) is 0 Å². The number of hydrogen-bond donors (Lipinski definition) is 0. The van der Waals surface area contributed by atoms with Gasteiger partial charge < -0.3 is 9.64 Å². The molecule has 1 saturated carbocycles. The molecule has 1 aliphatic carbocycles. The molecule has 0 aliphatic heterocycles. The van der Waals surface area contributed by atoms with E-state index in [1.54, 1.807) is 18.4 Å². The highest BCUT2D eigenvalue weighted by atomic mass is 32.1. The van der Waals surface area contributed by atoms with E-state index in [0.717, 1.165) is 37.0 Å². The molecule has 0 unspecified atom stereocenters. The molecule has 1 aliphatic rings. The molecule has 0 spiro atoms. The van der Waals surface area contributed by atoms with E-state index in [2.05, 4.69) is 17.5 Å². The Morgan fingerprint density at radius 1 is 1.21 bits per heavy atom. The zero-order chi connectivity index (χ0) is 17.0. The van der Waals surface area contributed by atoms with Crippen LogP contribution in [0.3, 0.4) is 0 Å². The highest BCUT2D eigenvalue weighted by Crippen LogP contribution is 2.43. The molecule has 1 aromatic carbocycles. The molecule has 0 bridgehead atoms. The summed E-state index contributed by atoms with van der Waals surface area (Å²) in [4.78, 5) is 16.5. The van der Waals surface area contributed by atoms with E-state index in [1.807, 2.05) is 36.2 Å². The summed E-state index contributed by atoms with van der Waals surface area (Å²) in [6.45, 7) is 0.614.